The predicted octanol–water partition coefficient (Wildman–Crippen LogP) is 4.71. The van der Waals surface area contributed by atoms with E-state index >= 15 is 0 Å². The van der Waals surface area contributed by atoms with Crippen molar-refractivity contribution in [2.24, 2.45) is 5.10 Å². The molecule has 0 heterocycles. The zero-order valence-corrected chi connectivity index (χ0v) is 14.7. The SMILES string of the molecule is C/C(=N\NC(=O)COc1c(Cl)cc(Cl)cc1Cl)c1ccc(F)cc1. The van der Waals surface area contributed by atoms with Gasteiger partial charge in [-0.15, -0.1) is 0 Å². The van der Waals surface area contributed by atoms with Crippen molar-refractivity contribution >= 4 is 46.4 Å². The van der Waals surface area contributed by atoms with Crippen molar-refractivity contribution in [1.82, 2.24) is 5.43 Å². The highest BCUT2D eigenvalue weighted by Crippen LogP contribution is 2.35. The van der Waals surface area contributed by atoms with Gasteiger partial charge in [0.05, 0.1) is 15.8 Å². The second-order valence-corrected chi connectivity index (χ2v) is 5.98. The van der Waals surface area contributed by atoms with Crippen LogP contribution in [0.3, 0.4) is 0 Å². The maximum Gasteiger partial charge on any atom is 0.277 e. The molecule has 2 aromatic rings. The molecule has 24 heavy (non-hydrogen) atoms. The molecule has 8 heteroatoms. The van der Waals surface area contributed by atoms with E-state index in [0.717, 1.165) is 0 Å². The van der Waals surface area contributed by atoms with E-state index in [1.165, 1.54) is 24.3 Å². The molecular weight excluding hydrogens is 378 g/mol. The van der Waals surface area contributed by atoms with Gasteiger partial charge in [-0.2, -0.15) is 5.10 Å². The van der Waals surface area contributed by atoms with E-state index < -0.39 is 5.91 Å². The Morgan fingerprint density at radius 1 is 1.17 bits per heavy atom. The zero-order valence-electron chi connectivity index (χ0n) is 12.4. The van der Waals surface area contributed by atoms with Crippen LogP contribution in [0.25, 0.3) is 0 Å². The van der Waals surface area contributed by atoms with E-state index in [4.69, 9.17) is 39.5 Å². The van der Waals surface area contributed by atoms with Gasteiger partial charge in [-0.3, -0.25) is 4.79 Å². The van der Waals surface area contributed by atoms with Crippen LogP contribution in [-0.2, 0) is 4.79 Å². The van der Waals surface area contributed by atoms with E-state index in [2.05, 4.69) is 10.5 Å². The monoisotopic (exact) mass is 388 g/mol. The minimum atomic E-state index is -0.501. The van der Waals surface area contributed by atoms with Gasteiger partial charge in [-0.25, -0.2) is 9.82 Å². The van der Waals surface area contributed by atoms with Crippen molar-refractivity contribution in [3.05, 3.63) is 62.8 Å². The molecule has 0 fully saturated rings. The molecule has 0 aliphatic rings. The second kappa shape index (κ2) is 8.33. The third kappa shape index (κ3) is 5.09. The Labute approximate surface area is 153 Å². The summed E-state index contributed by atoms with van der Waals surface area (Å²) in [5, 5.41) is 4.69. The number of benzene rings is 2. The lowest BCUT2D eigenvalue weighted by atomic mass is 10.1. The minimum absolute atomic E-state index is 0.164. The lowest BCUT2D eigenvalue weighted by Crippen LogP contribution is -2.25. The van der Waals surface area contributed by atoms with Gasteiger partial charge in [0, 0.05) is 5.02 Å². The van der Waals surface area contributed by atoms with Crippen molar-refractivity contribution in [3.8, 4) is 5.75 Å². The minimum Gasteiger partial charge on any atom is -0.481 e. The molecule has 2 aromatic carbocycles. The van der Waals surface area contributed by atoms with Gasteiger partial charge in [0.2, 0.25) is 0 Å². The fourth-order valence-electron chi connectivity index (χ4n) is 1.74. The fraction of sp³-hybridized carbons (Fsp3) is 0.125. The summed E-state index contributed by atoms with van der Waals surface area (Å²) in [6.07, 6.45) is 0. The van der Waals surface area contributed by atoms with E-state index in [1.54, 1.807) is 19.1 Å². The van der Waals surface area contributed by atoms with Crippen molar-refractivity contribution in [3.63, 3.8) is 0 Å². The molecular formula is C16H12Cl3FN2O2. The van der Waals surface area contributed by atoms with Crippen molar-refractivity contribution in [1.29, 1.82) is 0 Å². The highest BCUT2D eigenvalue weighted by Gasteiger charge is 2.11. The number of hydrazone groups is 1. The van der Waals surface area contributed by atoms with Gasteiger partial charge < -0.3 is 4.74 Å². The Balaban J connectivity index is 1.94. The Morgan fingerprint density at radius 2 is 1.75 bits per heavy atom. The number of rotatable bonds is 5. The third-order valence-electron chi connectivity index (χ3n) is 2.92. The Hall–Kier alpha value is -1.82. The van der Waals surface area contributed by atoms with Crippen LogP contribution >= 0.6 is 34.8 Å². The van der Waals surface area contributed by atoms with Gasteiger partial charge in [0.1, 0.15) is 5.82 Å². The first-order chi connectivity index (χ1) is 11.4. The first kappa shape index (κ1) is 18.5. The number of hydrogen-bond acceptors (Lipinski definition) is 3. The number of carbonyl (C=O) groups is 1. The Morgan fingerprint density at radius 3 is 2.33 bits per heavy atom. The summed E-state index contributed by atoms with van der Waals surface area (Å²) >= 11 is 17.7. The van der Waals surface area contributed by atoms with Gasteiger partial charge in [-0.05, 0) is 36.8 Å². The molecule has 0 unspecified atom stereocenters. The lowest BCUT2D eigenvalue weighted by molar-refractivity contribution is -0.123. The van der Waals surface area contributed by atoms with Crippen LogP contribution in [0.4, 0.5) is 4.39 Å². The summed E-state index contributed by atoms with van der Waals surface area (Å²) in [6.45, 7) is 1.35. The van der Waals surface area contributed by atoms with Gasteiger partial charge in [0.25, 0.3) is 5.91 Å². The quantitative estimate of drug-likeness (QED) is 0.595. The average molecular weight is 390 g/mol. The van der Waals surface area contributed by atoms with E-state index in [0.29, 0.717) is 16.3 Å². The van der Waals surface area contributed by atoms with Crippen molar-refractivity contribution in [2.45, 2.75) is 6.92 Å². The van der Waals surface area contributed by atoms with Crippen molar-refractivity contribution < 1.29 is 13.9 Å². The number of amides is 1. The third-order valence-corrected chi connectivity index (χ3v) is 3.70. The molecule has 2 rings (SSSR count). The summed E-state index contributed by atoms with van der Waals surface area (Å²) in [5.74, 6) is -0.684. The molecule has 0 atom stereocenters. The average Bonchev–Trinajstić information content (AvgIpc) is 2.52. The molecule has 0 spiro atoms. The summed E-state index contributed by atoms with van der Waals surface area (Å²) in [5.41, 5.74) is 3.54. The number of nitrogens with zero attached hydrogens (tertiary/aromatic N) is 1. The molecule has 0 radical (unpaired) electrons. The van der Waals surface area contributed by atoms with Gasteiger partial charge in [0.15, 0.2) is 12.4 Å². The van der Waals surface area contributed by atoms with Crippen LogP contribution < -0.4 is 10.2 Å². The molecule has 126 valence electrons. The molecule has 0 saturated heterocycles. The van der Waals surface area contributed by atoms with Crippen LogP contribution in [0.15, 0.2) is 41.5 Å². The first-order valence-corrected chi connectivity index (χ1v) is 7.86. The summed E-state index contributed by atoms with van der Waals surface area (Å²) in [7, 11) is 0. The van der Waals surface area contributed by atoms with Crippen LogP contribution in [-0.4, -0.2) is 18.2 Å². The van der Waals surface area contributed by atoms with E-state index in [1.807, 2.05) is 0 Å². The summed E-state index contributed by atoms with van der Waals surface area (Å²) < 4.78 is 18.1. The first-order valence-electron chi connectivity index (χ1n) is 6.73. The molecule has 1 N–H and O–H groups in total. The maximum atomic E-state index is 12.9. The number of halogens is 4. The summed E-state index contributed by atoms with van der Waals surface area (Å²) in [6, 6.07) is 8.65. The molecule has 4 nitrogen and oxygen atoms in total. The summed E-state index contributed by atoms with van der Waals surface area (Å²) in [4.78, 5) is 11.8. The van der Waals surface area contributed by atoms with Crippen LogP contribution in [0.5, 0.6) is 5.75 Å². The molecule has 0 aliphatic carbocycles. The predicted molar refractivity (Wildman–Crippen MR) is 93.7 cm³/mol. The van der Waals surface area contributed by atoms with E-state index in [9.17, 15) is 9.18 Å². The van der Waals surface area contributed by atoms with E-state index in [-0.39, 0.29) is 28.2 Å². The van der Waals surface area contributed by atoms with Crippen molar-refractivity contribution in [2.75, 3.05) is 6.61 Å². The standard InChI is InChI=1S/C16H12Cl3FN2O2/c1-9(10-2-4-12(20)5-3-10)21-22-15(23)8-24-16-13(18)6-11(17)7-14(16)19/h2-7H,8H2,1H3,(H,22,23)/b21-9+. The Kier molecular flexibility index (Phi) is 6.43. The Bertz CT molecular complexity index is 756. The topological polar surface area (TPSA) is 50.7 Å². The fourth-order valence-corrected chi connectivity index (χ4v) is 2.66. The normalized spacial score (nSPS) is 11.3. The number of nitrogens with one attached hydrogen (secondary N) is 1. The van der Waals surface area contributed by atoms with Crippen LogP contribution in [0.1, 0.15) is 12.5 Å². The van der Waals surface area contributed by atoms with Crippen LogP contribution in [0.2, 0.25) is 15.1 Å². The molecule has 0 aliphatic heterocycles. The number of carbonyl (C=O) groups excluding carboxylic acids is 1. The molecule has 1 amide bonds. The smallest absolute Gasteiger partial charge is 0.277 e. The largest absolute Gasteiger partial charge is 0.481 e. The van der Waals surface area contributed by atoms with Gasteiger partial charge >= 0.3 is 0 Å². The highest BCUT2D eigenvalue weighted by atomic mass is 35.5. The number of hydrogen-bond donors (Lipinski definition) is 1. The van der Waals surface area contributed by atoms with Crippen LogP contribution in [0, 0.1) is 5.82 Å². The molecule has 0 saturated carbocycles. The molecule has 0 bridgehead atoms. The van der Waals surface area contributed by atoms with Gasteiger partial charge in [-0.1, -0.05) is 46.9 Å². The highest BCUT2D eigenvalue weighted by molar-refractivity contribution is 6.40. The maximum absolute atomic E-state index is 12.9. The number of ether oxygens (including phenoxy) is 1. The molecule has 0 aromatic heterocycles. The second-order valence-electron chi connectivity index (χ2n) is 4.73. The lowest BCUT2D eigenvalue weighted by Gasteiger charge is -2.09. The zero-order chi connectivity index (χ0) is 17.7.